The van der Waals surface area contributed by atoms with E-state index in [-0.39, 0.29) is 12.0 Å². The molecule has 3 aromatic heterocycles. The average Bonchev–Trinajstić information content (AvgIpc) is 3.23. The summed E-state index contributed by atoms with van der Waals surface area (Å²) in [6.07, 6.45) is 5.41. The number of rotatable bonds is 3. The zero-order valence-corrected chi connectivity index (χ0v) is 18.8. The molecular formula is C23H29N7O2. The summed E-state index contributed by atoms with van der Waals surface area (Å²) in [5.74, 6) is 1.55. The first-order valence-electron chi connectivity index (χ1n) is 11.1. The number of aliphatic hydroxyl groups is 1. The van der Waals surface area contributed by atoms with Gasteiger partial charge in [0.05, 0.1) is 35.6 Å². The molecule has 5 heterocycles. The molecule has 2 aliphatic rings. The molecule has 1 N–H and O–H groups in total. The monoisotopic (exact) mass is 435 g/mol. The molecule has 9 nitrogen and oxygen atoms in total. The predicted molar refractivity (Wildman–Crippen MR) is 122 cm³/mol. The van der Waals surface area contributed by atoms with E-state index in [4.69, 9.17) is 9.97 Å². The minimum absolute atomic E-state index is 0.0170. The molecule has 9 heteroatoms. The van der Waals surface area contributed by atoms with Gasteiger partial charge in [-0.1, -0.05) is 6.07 Å². The smallest absolute Gasteiger partial charge is 0.258 e. The van der Waals surface area contributed by atoms with Crippen LogP contribution < -0.4 is 9.80 Å². The first kappa shape index (κ1) is 20.7. The Morgan fingerprint density at radius 3 is 2.72 bits per heavy atom. The van der Waals surface area contributed by atoms with Gasteiger partial charge in [0.1, 0.15) is 5.82 Å². The largest absolute Gasteiger partial charge is 0.393 e. The molecule has 168 valence electrons. The van der Waals surface area contributed by atoms with Gasteiger partial charge in [0.25, 0.3) is 5.91 Å². The summed E-state index contributed by atoms with van der Waals surface area (Å²) >= 11 is 0. The van der Waals surface area contributed by atoms with Crippen molar-refractivity contribution in [1.29, 1.82) is 0 Å². The fourth-order valence-corrected chi connectivity index (χ4v) is 4.64. The number of aromatic nitrogens is 4. The van der Waals surface area contributed by atoms with Gasteiger partial charge in [-0.25, -0.2) is 9.50 Å². The number of hydrogen-bond acceptors (Lipinski definition) is 7. The second-order valence-corrected chi connectivity index (χ2v) is 8.90. The lowest BCUT2D eigenvalue weighted by atomic mass is 10.0. The summed E-state index contributed by atoms with van der Waals surface area (Å²) in [7, 11) is 3.88. The van der Waals surface area contributed by atoms with Crippen molar-refractivity contribution >= 4 is 23.2 Å². The quantitative estimate of drug-likeness (QED) is 0.669. The van der Waals surface area contributed by atoms with Gasteiger partial charge in [0.15, 0.2) is 0 Å². The Labute approximate surface area is 187 Å². The molecule has 0 radical (unpaired) electrons. The number of anilines is 2. The van der Waals surface area contributed by atoms with Crippen LogP contribution in [0.3, 0.4) is 0 Å². The predicted octanol–water partition coefficient (Wildman–Crippen LogP) is 1.66. The lowest BCUT2D eigenvalue weighted by Crippen LogP contribution is -2.41. The molecule has 1 amide bonds. The van der Waals surface area contributed by atoms with Crippen molar-refractivity contribution in [3.05, 3.63) is 46.9 Å². The molecule has 3 aromatic rings. The molecule has 0 atom stereocenters. The van der Waals surface area contributed by atoms with Crippen molar-refractivity contribution in [3.8, 4) is 0 Å². The number of amides is 1. The Morgan fingerprint density at radius 2 is 1.97 bits per heavy atom. The van der Waals surface area contributed by atoms with Crippen molar-refractivity contribution in [2.45, 2.75) is 38.8 Å². The van der Waals surface area contributed by atoms with Crippen molar-refractivity contribution in [2.24, 2.45) is 0 Å². The third kappa shape index (κ3) is 3.56. The third-order valence-electron chi connectivity index (χ3n) is 6.45. The number of aliphatic hydroxyl groups excluding tert-OH is 1. The highest BCUT2D eigenvalue weighted by molar-refractivity contribution is 6.01. The number of nitrogens with zero attached hydrogens (tertiary/aromatic N) is 7. The summed E-state index contributed by atoms with van der Waals surface area (Å²) in [5.41, 5.74) is 4.52. The fraction of sp³-hybridized carbons (Fsp3) is 0.478. The van der Waals surface area contributed by atoms with Crippen LogP contribution in [0.4, 0.5) is 11.8 Å². The molecule has 0 unspecified atom stereocenters. The molecule has 1 fully saturated rings. The standard InChI is InChI=1S/C23H29N7O2/c1-15-5-4-9-30-20(15)17(13-24-30)22(32)29-12-8-19-18(14-29)21(26-23(25-19)27(2)3)28-10-6-16(31)7-11-28/h4-5,9,13,16,31H,6-8,10-12,14H2,1-3H3. The van der Waals surface area contributed by atoms with Crippen LogP contribution in [0, 0.1) is 6.92 Å². The minimum Gasteiger partial charge on any atom is -0.393 e. The number of hydrogen-bond donors (Lipinski definition) is 1. The lowest BCUT2D eigenvalue weighted by Gasteiger charge is -2.36. The molecule has 0 aromatic carbocycles. The van der Waals surface area contributed by atoms with Crippen molar-refractivity contribution in [3.63, 3.8) is 0 Å². The van der Waals surface area contributed by atoms with Gasteiger partial charge >= 0.3 is 0 Å². The highest BCUT2D eigenvalue weighted by Crippen LogP contribution is 2.31. The van der Waals surface area contributed by atoms with Gasteiger partial charge in [-0.05, 0) is 31.4 Å². The fourth-order valence-electron chi connectivity index (χ4n) is 4.64. The minimum atomic E-state index is -0.255. The number of aryl methyl sites for hydroxylation is 1. The van der Waals surface area contributed by atoms with E-state index >= 15 is 0 Å². The summed E-state index contributed by atoms with van der Waals surface area (Å²) in [5, 5.41) is 14.3. The molecule has 0 saturated carbocycles. The number of pyridine rings is 1. The molecule has 0 aliphatic carbocycles. The lowest BCUT2D eigenvalue weighted by molar-refractivity contribution is 0.0735. The molecule has 1 saturated heterocycles. The van der Waals surface area contributed by atoms with E-state index in [0.717, 1.165) is 54.1 Å². The van der Waals surface area contributed by atoms with Crippen LogP contribution in [0.25, 0.3) is 5.52 Å². The average molecular weight is 436 g/mol. The van der Waals surface area contributed by atoms with Gasteiger partial charge in [-0.15, -0.1) is 0 Å². The van der Waals surface area contributed by atoms with Crippen LogP contribution in [-0.2, 0) is 13.0 Å². The Morgan fingerprint density at radius 1 is 1.19 bits per heavy atom. The summed E-state index contributed by atoms with van der Waals surface area (Å²) < 4.78 is 1.76. The zero-order chi connectivity index (χ0) is 22.4. The maximum atomic E-state index is 13.5. The van der Waals surface area contributed by atoms with E-state index in [0.29, 0.717) is 31.0 Å². The Kier molecular flexibility index (Phi) is 5.21. The van der Waals surface area contributed by atoms with Crippen LogP contribution in [0.1, 0.15) is 40.0 Å². The van der Waals surface area contributed by atoms with E-state index < -0.39 is 0 Å². The molecule has 0 bridgehead atoms. The number of piperidine rings is 1. The third-order valence-corrected chi connectivity index (χ3v) is 6.45. The molecule has 2 aliphatic heterocycles. The van der Waals surface area contributed by atoms with Crippen LogP contribution in [0.15, 0.2) is 24.5 Å². The van der Waals surface area contributed by atoms with Crippen LogP contribution in [-0.4, -0.2) is 75.3 Å². The van der Waals surface area contributed by atoms with Crippen molar-refractivity contribution in [2.75, 3.05) is 43.5 Å². The van der Waals surface area contributed by atoms with Gasteiger partial charge in [0, 0.05) is 51.9 Å². The number of carbonyl (C=O) groups is 1. The molecule has 0 spiro atoms. The highest BCUT2D eigenvalue weighted by Gasteiger charge is 2.31. The normalized spacial score (nSPS) is 17.0. The SMILES string of the molecule is Cc1cccn2ncc(C(=O)N3CCc4nc(N(C)C)nc(N5CCC(O)CC5)c4C3)c12. The van der Waals surface area contributed by atoms with E-state index in [1.807, 2.05) is 49.1 Å². The van der Waals surface area contributed by atoms with E-state index in [1.165, 1.54) is 0 Å². The van der Waals surface area contributed by atoms with Crippen LogP contribution >= 0.6 is 0 Å². The van der Waals surface area contributed by atoms with Crippen LogP contribution in [0.2, 0.25) is 0 Å². The van der Waals surface area contributed by atoms with E-state index in [2.05, 4.69) is 10.00 Å². The summed E-state index contributed by atoms with van der Waals surface area (Å²) in [6.45, 7) is 4.58. The van der Waals surface area contributed by atoms with E-state index in [9.17, 15) is 9.90 Å². The second-order valence-electron chi connectivity index (χ2n) is 8.90. The Hall–Kier alpha value is -3.20. The van der Waals surface area contributed by atoms with Gasteiger partial charge in [-0.2, -0.15) is 10.1 Å². The van der Waals surface area contributed by atoms with E-state index in [1.54, 1.807) is 10.7 Å². The first-order chi connectivity index (χ1) is 15.4. The maximum absolute atomic E-state index is 13.5. The molecule has 5 rings (SSSR count). The zero-order valence-electron chi connectivity index (χ0n) is 18.8. The topological polar surface area (TPSA) is 90.1 Å². The van der Waals surface area contributed by atoms with Crippen molar-refractivity contribution in [1.82, 2.24) is 24.5 Å². The molecular weight excluding hydrogens is 406 g/mol. The summed E-state index contributed by atoms with van der Waals surface area (Å²) in [6, 6.07) is 3.93. The Balaban J connectivity index is 1.50. The number of carbonyl (C=O) groups excluding carboxylic acids is 1. The second kappa shape index (κ2) is 8.05. The van der Waals surface area contributed by atoms with Crippen LogP contribution in [0.5, 0.6) is 0 Å². The number of fused-ring (bicyclic) bond motifs is 2. The highest BCUT2D eigenvalue weighted by atomic mass is 16.3. The van der Waals surface area contributed by atoms with Gasteiger partial charge in [-0.3, -0.25) is 4.79 Å². The Bertz CT molecular complexity index is 1160. The molecule has 32 heavy (non-hydrogen) atoms. The van der Waals surface area contributed by atoms with Gasteiger partial charge in [0.2, 0.25) is 5.95 Å². The maximum Gasteiger partial charge on any atom is 0.258 e. The summed E-state index contributed by atoms with van der Waals surface area (Å²) in [4.78, 5) is 29.2. The van der Waals surface area contributed by atoms with Gasteiger partial charge < -0.3 is 19.8 Å². The van der Waals surface area contributed by atoms with Crippen molar-refractivity contribution < 1.29 is 9.90 Å². The first-order valence-corrected chi connectivity index (χ1v) is 11.1.